The van der Waals surface area contributed by atoms with E-state index in [2.05, 4.69) is 10.0 Å². The first-order chi connectivity index (χ1) is 15.2. The first-order valence-electron chi connectivity index (χ1n) is 10.1. The summed E-state index contributed by atoms with van der Waals surface area (Å²) >= 11 is 0. The molecule has 0 aliphatic heterocycles. The lowest BCUT2D eigenvalue weighted by Gasteiger charge is -2.14. The van der Waals surface area contributed by atoms with E-state index >= 15 is 0 Å². The van der Waals surface area contributed by atoms with Crippen molar-refractivity contribution in [3.05, 3.63) is 89.5 Å². The highest BCUT2D eigenvalue weighted by Gasteiger charge is 2.17. The van der Waals surface area contributed by atoms with E-state index in [1.54, 1.807) is 24.3 Å². The molecule has 0 fully saturated rings. The normalized spacial score (nSPS) is 12.1. The Kier molecular flexibility index (Phi) is 7.50. The number of aliphatic hydroxyl groups is 1. The third-order valence-electron chi connectivity index (χ3n) is 4.61. The van der Waals surface area contributed by atoms with E-state index in [9.17, 15) is 18.3 Å². The SMILES string of the molecule is Cc1cccc(NS(=O)(=O)c2cccc(C(=O)NCC(O)COc3cccc(C)c3)c2)c1. The number of ether oxygens (including phenoxy) is 1. The minimum absolute atomic E-state index is 0.0125. The molecule has 1 unspecified atom stereocenters. The van der Waals surface area contributed by atoms with Crippen molar-refractivity contribution >= 4 is 21.6 Å². The number of carbonyl (C=O) groups excluding carboxylic acids is 1. The molecule has 0 radical (unpaired) electrons. The first-order valence-corrected chi connectivity index (χ1v) is 11.6. The van der Waals surface area contributed by atoms with Crippen molar-refractivity contribution in [2.45, 2.75) is 24.8 Å². The van der Waals surface area contributed by atoms with Crippen molar-refractivity contribution in [1.82, 2.24) is 5.32 Å². The van der Waals surface area contributed by atoms with Crippen molar-refractivity contribution in [2.75, 3.05) is 17.9 Å². The van der Waals surface area contributed by atoms with Crippen molar-refractivity contribution in [1.29, 1.82) is 0 Å². The summed E-state index contributed by atoms with van der Waals surface area (Å²) in [4.78, 5) is 12.4. The number of hydrogen-bond donors (Lipinski definition) is 3. The van der Waals surface area contributed by atoms with Gasteiger partial charge < -0.3 is 15.2 Å². The fourth-order valence-corrected chi connectivity index (χ4v) is 4.09. The summed E-state index contributed by atoms with van der Waals surface area (Å²) in [6, 6.07) is 20.1. The largest absolute Gasteiger partial charge is 0.491 e. The monoisotopic (exact) mass is 454 g/mol. The summed E-state index contributed by atoms with van der Waals surface area (Å²) in [6.45, 7) is 3.78. The molecule has 1 amide bonds. The quantitative estimate of drug-likeness (QED) is 0.460. The number of anilines is 1. The fourth-order valence-electron chi connectivity index (χ4n) is 3.00. The van der Waals surface area contributed by atoms with Gasteiger partial charge in [-0.2, -0.15) is 0 Å². The topological polar surface area (TPSA) is 105 Å². The summed E-state index contributed by atoms with van der Waals surface area (Å²) in [5.41, 5.74) is 2.57. The number of nitrogens with one attached hydrogen (secondary N) is 2. The average molecular weight is 455 g/mol. The lowest BCUT2D eigenvalue weighted by Crippen LogP contribution is -2.35. The van der Waals surface area contributed by atoms with Gasteiger partial charge in [-0.15, -0.1) is 0 Å². The van der Waals surface area contributed by atoms with Crippen LogP contribution in [0.4, 0.5) is 5.69 Å². The van der Waals surface area contributed by atoms with E-state index < -0.39 is 22.0 Å². The van der Waals surface area contributed by atoms with Gasteiger partial charge in [0, 0.05) is 17.8 Å². The number of benzene rings is 3. The summed E-state index contributed by atoms with van der Waals surface area (Å²) in [5, 5.41) is 12.7. The number of amides is 1. The van der Waals surface area contributed by atoms with Crippen LogP contribution >= 0.6 is 0 Å². The Morgan fingerprint density at radius 3 is 2.38 bits per heavy atom. The molecule has 3 aromatic carbocycles. The predicted molar refractivity (Wildman–Crippen MR) is 123 cm³/mol. The van der Waals surface area contributed by atoms with Crippen molar-refractivity contribution in [3.8, 4) is 5.75 Å². The van der Waals surface area contributed by atoms with Gasteiger partial charge in [0.15, 0.2) is 0 Å². The van der Waals surface area contributed by atoms with Crippen LogP contribution in [0, 0.1) is 13.8 Å². The van der Waals surface area contributed by atoms with Crippen LogP contribution in [-0.2, 0) is 10.0 Å². The maximum atomic E-state index is 12.7. The third kappa shape index (κ3) is 6.57. The predicted octanol–water partition coefficient (Wildman–Crippen LogP) is 3.27. The van der Waals surface area contributed by atoms with Crippen LogP contribution in [0.3, 0.4) is 0 Å². The molecular formula is C24H26N2O5S. The first kappa shape index (κ1) is 23.3. The molecule has 0 spiro atoms. The number of hydrogen-bond acceptors (Lipinski definition) is 5. The molecule has 3 rings (SSSR count). The molecule has 0 heterocycles. The van der Waals surface area contributed by atoms with Gasteiger partial charge >= 0.3 is 0 Å². The highest BCUT2D eigenvalue weighted by molar-refractivity contribution is 7.92. The summed E-state index contributed by atoms with van der Waals surface area (Å²) in [7, 11) is -3.86. The van der Waals surface area contributed by atoms with Gasteiger partial charge in [0.2, 0.25) is 0 Å². The molecule has 0 aliphatic carbocycles. The standard InChI is InChI=1S/C24H26N2O5S/c1-17-6-3-9-20(12-17)26-32(29,30)23-11-5-8-19(14-23)24(28)25-15-21(27)16-31-22-10-4-7-18(2)13-22/h3-14,21,26-27H,15-16H2,1-2H3,(H,25,28). The zero-order chi connectivity index (χ0) is 23.1. The number of sulfonamides is 1. The molecule has 0 saturated carbocycles. The van der Waals surface area contributed by atoms with E-state index in [0.29, 0.717) is 11.4 Å². The summed E-state index contributed by atoms with van der Waals surface area (Å²) < 4.78 is 33.4. The van der Waals surface area contributed by atoms with Crippen LogP contribution in [0.1, 0.15) is 21.5 Å². The highest BCUT2D eigenvalue weighted by atomic mass is 32.2. The van der Waals surface area contributed by atoms with Gasteiger partial charge in [0.25, 0.3) is 15.9 Å². The minimum atomic E-state index is -3.86. The van der Waals surface area contributed by atoms with Crippen LogP contribution < -0.4 is 14.8 Å². The molecule has 3 N–H and O–H groups in total. The maximum Gasteiger partial charge on any atom is 0.261 e. The van der Waals surface area contributed by atoms with Crippen LogP contribution in [0.5, 0.6) is 5.75 Å². The molecule has 0 aromatic heterocycles. The molecule has 3 aromatic rings. The summed E-state index contributed by atoms with van der Waals surface area (Å²) in [5.74, 6) is 0.140. The fraction of sp³-hybridized carbons (Fsp3) is 0.208. The van der Waals surface area contributed by atoms with E-state index in [1.165, 1.54) is 24.3 Å². The van der Waals surface area contributed by atoms with Gasteiger partial charge in [-0.3, -0.25) is 9.52 Å². The Hall–Kier alpha value is -3.36. The Balaban J connectivity index is 1.58. The molecule has 8 heteroatoms. The highest BCUT2D eigenvalue weighted by Crippen LogP contribution is 2.18. The lowest BCUT2D eigenvalue weighted by atomic mass is 10.2. The molecule has 7 nitrogen and oxygen atoms in total. The van der Waals surface area contributed by atoms with Gasteiger partial charge in [-0.1, -0.05) is 30.3 Å². The van der Waals surface area contributed by atoms with Crippen molar-refractivity contribution in [3.63, 3.8) is 0 Å². The minimum Gasteiger partial charge on any atom is -0.491 e. The van der Waals surface area contributed by atoms with Gasteiger partial charge in [0.1, 0.15) is 18.5 Å². The van der Waals surface area contributed by atoms with Crippen LogP contribution in [0.25, 0.3) is 0 Å². The molecule has 0 saturated heterocycles. The van der Waals surface area contributed by atoms with Crippen molar-refractivity contribution < 1.29 is 23.1 Å². The summed E-state index contributed by atoms with van der Waals surface area (Å²) in [6.07, 6.45) is -0.922. The molecule has 0 bridgehead atoms. The van der Waals surface area contributed by atoms with E-state index in [0.717, 1.165) is 11.1 Å². The molecule has 32 heavy (non-hydrogen) atoms. The third-order valence-corrected chi connectivity index (χ3v) is 5.99. The Morgan fingerprint density at radius 1 is 0.969 bits per heavy atom. The molecule has 0 aliphatic rings. The Morgan fingerprint density at radius 2 is 1.66 bits per heavy atom. The number of carbonyl (C=O) groups is 1. The molecule has 168 valence electrons. The maximum absolute atomic E-state index is 12.7. The van der Waals surface area contributed by atoms with Gasteiger partial charge in [-0.25, -0.2) is 8.42 Å². The number of aliphatic hydroxyl groups excluding tert-OH is 1. The zero-order valence-electron chi connectivity index (χ0n) is 17.9. The lowest BCUT2D eigenvalue weighted by molar-refractivity contribution is 0.0843. The second-order valence-corrected chi connectivity index (χ2v) is 9.18. The molecular weight excluding hydrogens is 428 g/mol. The number of rotatable bonds is 9. The average Bonchev–Trinajstić information content (AvgIpc) is 2.76. The Labute approximate surface area is 188 Å². The van der Waals surface area contributed by atoms with E-state index in [1.807, 2.05) is 38.1 Å². The van der Waals surface area contributed by atoms with Crippen LogP contribution in [-0.4, -0.2) is 38.7 Å². The number of aryl methyl sites for hydroxylation is 2. The van der Waals surface area contributed by atoms with E-state index in [-0.39, 0.29) is 23.6 Å². The van der Waals surface area contributed by atoms with Crippen molar-refractivity contribution in [2.24, 2.45) is 0 Å². The second kappa shape index (κ2) is 10.3. The molecule has 1 atom stereocenters. The van der Waals surface area contributed by atoms with Crippen LogP contribution in [0.15, 0.2) is 77.7 Å². The van der Waals surface area contributed by atoms with E-state index in [4.69, 9.17) is 4.74 Å². The second-order valence-electron chi connectivity index (χ2n) is 7.49. The van der Waals surface area contributed by atoms with Crippen LogP contribution in [0.2, 0.25) is 0 Å². The zero-order valence-corrected chi connectivity index (χ0v) is 18.7. The smallest absolute Gasteiger partial charge is 0.261 e. The Bertz CT molecular complexity index is 1190. The van der Waals surface area contributed by atoms with Gasteiger partial charge in [-0.05, 0) is 67.4 Å². The van der Waals surface area contributed by atoms with Gasteiger partial charge in [0.05, 0.1) is 4.90 Å².